The summed E-state index contributed by atoms with van der Waals surface area (Å²) in [7, 11) is 1.81. The molecule has 0 aromatic carbocycles. The largest absolute Gasteiger partial charge is 0.472 e. The highest BCUT2D eigenvalue weighted by molar-refractivity contribution is 5.89. The molecule has 0 bridgehead atoms. The highest BCUT2D eigenvalue weighted by atomic mass is 35.5. The minimum Gasteiger partial charge on any atom is -0.472 e. The number of amides is 1. The molecule has 0 radical (unpaired) electrons. The summed E-state index contributed by atoms with van der Waals surface area (Å²) >= 11 is 0. The van der Waals surface area contributed by atoms with Gasteiger partial charge in [0, 0.05) is 19.4 Å². The molecule has 1 saturated heterocycles. The molecule has 0 atom stereocenters. The summed E-state index contributed by atoms with van der Waals surface area (Å²) in [6.45, 7) is 1.99. The van der Waals surface area contributed by atoms with Crippen molar-refractivity contribution in [3.63, 3.8) is 0 Å². The van der Waals surface area contributed by atoms with Gasteiger partial charge in [0.15, 0.2) is 5.82 Å². The number of aryl methyl sites for hydroxylation is 2. The van der Waals surface area contributed by atoms with E-state index in [0.29, 0.717) is 24.7 Å². The number of nitrogens with one attached hydrogen (secondary N) is 2. The Bertz CT molecular complexity index is 620. The van der Waals surface area contributed by atoms with Crippen LogP contribution in [0.25, 0.3) is 0 Å². The van der Waals surface area contributed by atoms with Gasteiger partial charge in [0.25, 0.3) is 0 Å². The fraction of sp³-hybridized carbons (Fsp3) is 0.533. The van der Waals surface area contributed by atoms with Gasteiger partial charge in [-0.15, -0.1) is 12.4 Å². The lowest BCUT2D eigenvalue weighted by Gasteiger charge is -2.19. The van der Waals surface area contributed by atoms with E-state index in [-0.39, 0.29) is 18.3 Å². The number of carbonyl (C=O) groups is 1. The number of hydrogen-bond donors (Lipinski definition) is 2. The van der Waals surface area contributed by atoms with Gasteiger partial charge in [-0.05, 0) is 44.0 Å². The van der Waals surface area contributed by atoms with Crippen molar-refractivity contribution in [2.24, 2.45) is 7.05 Å². The monoisotopic (exact) mass is 339 g/mol. The Balaban J connectivity index is 0.00000192. The fourth-order valence-electron chi connectivity index (χ4n) is 2.65. The van der Waals surface area contributed by atoms with Crippen molar-refractivity contribution in [2.45, 2.75) is 31.6 Å². The highest BCUT2D eigenvalue weighted by Gasteiger charge is 2.21. The summed E-state index contributed by atoms with van der Waals surface area (Å²) in [5.74, 6) is 1.66. The molecule has 1 fully saturated rings. The minimum absolute atomic E-state index is 0. The number of carbonyl (C=O) groups excluding carboxylic acids is 1. The molecule has 3 heterocycles. The van der Waals surface area contributed by atoms with Crippen LogP contribution in [-0.2, 0) is 18.3 Å². The first-order chi connectivity index (χ1) is 10.7. The van der Waals surface area contributed by atoms with E-state index in [0.717, 1.165) is 37.3 Å². The molecule has 0 saturated carbocycles. The van der Waals surface area contributed by atoms with Crippen LogP contribution in [0, 0.1) is 0 Å². The summed E-state index contributed by atoms with van der Waals surface area (Å²) < 4.78 is 6.64. The lowest BCUT2D eigenvalue weighted by molar-refractivity contribution is -0.116. The molecule has 2 aromatic rings. The normalized spacial score (nSPS) is 15.2. The average Bonchev–Trinajstić information content (AvgIpc) is 3.17. The summed E-state index contributed by atoms with van der Waals surface area (Å²) in [5.41, 5.74) is 1.02. The summed E-state index contributed by atoms with van der Waals surface area (Å²) in [4.78, 5) is 16.5. The molecule has 23 heavy (non-hydrogen) atoms. The summed E-state index contributed by atoms with van der Waals surface area (Å²) in [6.07, 6.45) is 6.40. The van der Waals surface area contributed by atoms with E-state index in [2.05, 4.69) is 20.7 Å². The minimum atomic E-state index is -0.0615. The highest BCUT2D eigenvalue weighted by Crippen LogP contribution is 2.23. The number of piperidine rings is 1. The summed E-state index contributed by atoms with van der Waals surface area (Å²) in [5, 5.41) is 10.6. The number of halogens is 1. The molecule has 1 aliphatic heterocycles. The van der Waals surface area contributed by atoms with Gasteiger partial charge in [0.05, 0.1) is 12.5 Å². The number of anilines is 1. The molecule has 0 unspecified atom stereocenters. The van der Waals surface area contributed by atoms with Crippen molar-refractivity contribution in [3.05, 3.63) is 30.0 Å². The Morgan fingerprint density at radius 2 is 2.26 bits per heavy atom. The smallest absolute Gasteiger partial charge is 0.227 e. The third kappa shape index (κ3) is 4.56. The second-order valence-corrected chi connectivity index (χ2v) is 5.62. The van der Waals surface area contributed by atoms with Crippen molar-refractivity contribution in [3.8, 4) is 0 Å². The topological polar surface area (TPSA) is 85.0 Å². The van der Waals surface area contributed by atoms with Gasteiger partial charge < -0.3 is 9.73 Å². The van der Waals surface area contributed by atoms with E-state index >= 15 is 0 Å². The number of hydrogen-bond acceptors (Lipinski definition) is 5. The van der Waals surface area contributed by atoms with Crippen LogP contribution in [0.2, 0.25) is 0 Å². The number of aromatic nitrogens is 3. The first kappa shape index (κ1) is 17.5. The maximum atomic E-state index is 12.0. The molecular weight excluding hydrogens is 318 g/mol. The Hall–Kier alpha value is -1.86. The molecule has 126 valence electrons. The Morgan fingerprint density at radius 1 is 1.48 bits per heavy atom. The summed E-state index contributed by atoms with van der Waals surface area (Å²) in [6, 6.07) is 1.87. The van der Waals surface area contributed by atoms with Gasteiger partial charge >= 0.3 is 0 Å². The first-order valence-electron chi connectivity index (χ1n) is 7.65. The number of nitrogens with zero attached hydrogens (tertiary/aromatic N) is 3. The van der Waals surface area contributed by atoms with Gasteiger partial charge in [-0.3, -0.25) is 10.1 Å². The van der Waals surface area contributed by atoms with E-state index in [4.69, 9.17) is 4.42 Å². The number of rotatable bonds is 5. The van der Waals surface area contributed by atoms with Crippen molar-refractivity contribution >= 4 is 24.3 Å². The van der Waals surface area contributed by atoms with Crippen LogP contribution in [0.5, 0.6) is 0 Å². The molecule has 0 spiro atoms. The van der Waals surface area contributed by atoms with Gasteiger partial charge in [-0.25, -0.2) is 4.68 Å². The molecule has 2 aromatic heterocycles. The first-order valence-corrected chi connectivity index (χ1v) is 7.65. The second-order valence-electron chi connectivity index (χ2n) is 5.62. The molecule has 7 nitrogen and oxygen atoms in total. The molecule has 2 N–H and O–H groups in total. The lowest BCUT2D eigenvalue weighted by atomic mass is 9.98. The molecule has 0 aliphatic carbocycles. The van der Waals surface area contributed by atoms with Crippen LogP contribution in [0.3, 0.4) is 0 Å². The fourth-order valence-corrected chi connectivity index (χ4v) is 2.65. The zero-order valence-corrected chi connectivity index (χ0v) is 13.9. The van der Waals surface area contributed by atoms with Crippen molar-refractivity contribution in [1.29, 1.82) is 0 Å². The average molecular weight is 340 g/mol. The van der Waals surface area contributed by atoms with Crippen LogP contribution in [0.1, 0.15) is 36.6 Å². The second kappa shape index (κ2) is 8.12. The van der Waals surface area contributed by atoms with E-state index in [1.165, 1.54) is 0 Å². The Kier molecular flexibility index (Phi) is 6.18. The quantitative estimate of drug-likeness (QED) is 0.868. The molecule has 8 heteroatoms. The van der Waals surface area contributed by atoms with E-state index < -0.39 is 0 Å². The van der Waals surface area contributed by atoms with Gasteiger partial charge in [0.2, 0.25) is 11.9 Å². The van der Waals surface area contributed by atoms with Gasteiger partial charge in [0.1, 0.15) is 0 Å². The van der Waals surface area contributed by atoms with Crippen molar-refractivity contribution < 1.29 is 9.21 Å². The standard InChI is InChI=1S/C15H21N5O2.ClH/c1-20-15(17-13(21)3-2-11-6-9-22-10-11)18-14(19-20)12-4-7-16-8-5-12;/h6,9-10,12,16H,2-5,7-8H2,1H3,(H,17,18,19,21);1H. The predicted molar refractivity (Wildman–Crippen MR) is 88.8 cm³/mol. The maximum Gasteiger partial charge on any atom is 0.227 e. The van der Waals surface area contributed by atoms with E-state index in [9.17, 15) is 4.79 Å². The SMILES string of the molecule is Cl.Cn1nc(C2CCNCC2)nc1NC(=O)CCc1ccoc1. The molecule has 1 amide bonds. The molecule has 1 aliphatic rings. The van der Waals surface area contributed by atoms with Gasteiger partial charge in [-0.1, -0.05) is 0 Å². The van der Waals surface area contributed by atoms with E-state index in [1.54, 1.807) is 17.2 Å². The van der Waals surface area contributed by atoms with Crippen LogP contribution >= 0.6 is 12.4 Å². The zero-order chi connectivity index (χ0) is 15.4. The Labute approximate surface area is 141 Å². The van der Waals surface area contributed by atoms with Crippen molar-refractivity contribution in [2.75, 3.05) is 18.4 Å². The van der Waals surface area contributed by atoms with E-state index in [1.807, 2.05) is 13.1 Å². The Morgan fingerprint density at radius 3 is 2.96 bits per heavy atom. The predicted octanol–water partition coefficient (Wildman–Crippen LogP) is 1.87. The third-order valence-corrected chi connectivity index (χ3v) is 3.96. The third-order valence-electron chi connectivity index (χ3n) is 3.96. The molecule has 3 rings (SSSR count). The van der Waals surface area contributed by atoms with Crippen LogP contribution in [-0.4, -0.2) is 33.8 Å². The van der Waals surface area contributed by atoms with Crippen LogP contribution in [0.4, 0.5) is 5.95 Å². The lowest BCUT2D eigenvalue weighted by Crippen LogP contribution is -2.27. The molecular formula is C15H22ClN5O2. The van der Waals surface area contributed by atoms with Crippen LogP contribution < -0.4 is 10.6 Å². The number of furan rings is 1. The van der Waals surface area contributed by atoms with Crippen molar-refractivity contribution in [1.82, 2.24) is 20.1 Å². The van der Waals surface area contributed by atoms with Crippen LogP contribution in [0.15, 0.2) is 23.0 Å². The maximum absolute atomic E-state index is 12.0. The zero-order valence-electron chi connectivity index (χ0n) is 13.1. The van der Waals surface area contributed by atoms with Gasteiger partial charge in [-0.2, -0.15) is 10.1 Å².